The number of benzene rings is 1. The van der Waals surface area contributed by atoms with Crippen LogP contribution in [0, 0.1) is 11.8 Å². The summed E-state index contributed by atoms with van der Waals surface area (Å²) in [6, 6.07) is 8.27. The van der Waals surface area contributed by atoms with Crippen molar-refractivity contribution in [1.82, 2.24) is 10.6 Å². The Morgan fingerprint density at radius 3 is 2.84 bits per heavy atom. The molecule has 1 unspecified atom stereocenters. The van der Waals surface area contributed by atoms with E-state index in [0.717, 1.165) is 43.8 Å². The van der Waals surface area contributed by atoms with Gasteiger partial charge in [-0.25, -0.2) is 0 Å². The summed E-state index contributed by atoms with van der Waals surface area (Å²) >= 11 is 0. The molecule has 1 saturated heterocycles. The van der Waals surface area contributed by atoms with Gasteiger partial charge in [-0.05, 0) is 43.2 Å². The molecule has 5 heteroatoms. The number of ether oxygens (including phenoxy) is 1. The Morgan fingerprint density at radius 2 is 2.12 bits per heavy atom. The first-order chi connectivity index (χ1) is 12.1. The van der Waals surface area contributed by atoms with Crippen molar-refractivity contribution in [3.05, 3.63) is 24.3 Å². The fraction of sp³-hybridized carbons (Fsp3) is 0.650. The van der Waals surface area contributed by atoms with Gasteiger partial charge in [-0.15, -0.1) is 0 Å². The minimum Gasteiger partial charge on any atom is -0.495 e. The SMILES string of the molecule is CN=C(NCCCC(C)C)NCC1CCN(c2ccccc2OC)C1. The smallest absolute Gasteiger partial charge is 0.190 e. The second kappa shape index (κ2) is 10.2. The molecule has 1 aliphatic heterocycles. The van der Waals surface area contributed by atoms with Gasteiger partial charge in [-0.2, -0.15) is 0 Å². The summed E-state index contributed by atoms with van der Waals surface area (Å²) in [5.41, 5.74) is 1.20. The first-order valence-electron chi connectivity index (χ1n) is 9.46. The predicted octanol–water partition coefficient (Wildman–Crippen LogP) is 3.12. The van der Waals surface area contributed by atoms with Crippen LogP contribution in [0.25, 0.3) is 0 Å². The molecule has 0 aromatic heterocycles. The Balaban J connectivity index is 1.75. The number of guanidine groups is 1. The van der Waals surface area contributed by atoms with E-state index < -0.39 is 0 Å². The monoisotopic (exact) mass is 346 g/mol. The van der Waals surface area contributed by atoms with Crippen LogP contribution in [0.2, 0.25) is 0 Å². The van der Waals surface area contributed by atoms with Gasteiger partial charge in [-0.1, -0.05) is 26.0 Å². The maximum Gasteiger partial charge on any atom is 0.190 e. The lowest BCUT2D eigenvalue weighted by Gasteiger charge is -2.21. The molecule has 5 nitrogen and oxygen atoms in total. The standard InChI is InChI=1S/C20H34N4O/c1-16(2)8-7-12-22-20(21-3)23-14-17-11-13-24(15-17)18-9-5-6-10-19(18)25-4/h5-6,9-10,16-17H,7-8,11-15H2,1-4H3,(H2,21,22,23). The van der Waals surface area contributed by atoms with Crippen LogP contribution in [0.1, 0.15) is 33.1 Å². The third-order valence-electron chi connectivity index (χ3n) is 4.74. The molecular weight excluding hydrogens is 312 g/mol. The lowest BCUT2D eigenvalue weighted by molar-refractivity contribution is 0.414. The molecule has 2 rings (SSSR count). The Bertz CT molecular complexity index is 544. The van der Waals surface area contributed by atoms with E-state index in [0.29, 0.717) is 5.92 Å². The fourth-order valence-corrected chi connectivity index (χ4v) is 3.29. The van der Waals surface area contributed by atoms with Gasteiger partial charge in [0.25, 0.3) is 0 Å². The van der Waals surface area contributed by atoms with Crippen molar-refractivity contribution in [3.63, 3.8) is 0 Å². The van der Waals surface area contributed by atoms with Gasteiger partial charge in [-0.3, -0.25) is 4.99 Å². The van der Waals surface area contributed by atoms with E-state index in [1.54, 1.807) is 7.11 Å². The zero-order valence-electron chi connectivity index (χ0n) is 16.2. The van der Waals surface area contributed by atoms with Crippen molar-refractivity contribution in [2.24, 2.45) is 16.8 Å². The molecule has 25 heavy (non-hydrogen) atoms. The van der Waals surface area contributed by atoms with Crippen molar-refractivity contribution in [1.29, 1.82) is 0 Å². The molecule has 0 amide bonds. The molecular formula is C20H34N4O. The number of hydrogen-bond acceptors (Lipinski definition) is 3. The highest BCUT2D eigenvalue weighted by Gasteiger charge is 2.24. The Morgan fingerprint density at radius 1 is 1.32 bits per heavy atom. The van der Waals surface area contributed by atoms with Gasteiger partial charge in [0.1, 0.15) is 5.75 Å². The van der Waals surface area contributed by atoms with Gasteiger partial charge in [0, 0.05) is 33.2 Å². The molecule has 1 fully saturated rings. The van der Waals surface area contributed by atoms with Crippen LogP contribution in [-0.2, 0) is 0 Å². The van der Waals surface area contributed by atoms with Crippen LogP contribution < -0.4 is 20.3 Å². The second-order valence-corrected chi connectivity index (χ2v) is 7.19. The highest BCUT2D eigenvalue weighted by Crippen LogP contribution is 2.31. The largest absolute Gasteiger partial charge is 0.495 e. The number of anilines is 1. The zero-order chi connectivity index (χ0) is 18.1. The number of methoxy groups -OCH3 is 1. The molecule has 2 N–H and O–H groups in total. The highest BCUT2D eigenvalue weighted by atomic mass is 16.5. The first-order valence-corrected chi connectivity index (χ1v) is 9.46. The predicted molar refractivity (Wildman–Crippen MR) is 107 cm³/mol. The maximum absolute atomic E-state index is 5.49. The third-order valence-corrected chi connectivity index (χ3v) is 4.74. The summed E-state index contributed by atoms with van der Waals surface area (Å²) in [4.78, 5) is 6.75. The van der Waals surface area contributed by atoms with E-state index in [4.69, 9.17) is 4.74 Å². The van der Waals surface area contributed by atoms with E-state index >= 15 is 0 Å². The highest BCUT2D eigenvalue weighted by molar-refractivity contribution is 5.79. The van der Waals surface area contributed by atoms with E-state index in [2.05, 4.69) is 46.5 Å². The number of aliphatic imine (C=N–C) groups is 1. The lowest BCUT2D eigenvalue weighted by atomic mass is 10.1. The summed E-state index contributed by atoms with van der Waals surface area (Å²) in [5.74, 6) is 3.26. The average Bonchev–Trinajstić information content (AvgIpc) is 3.09. The van der Waals surface area contributed by atoms with Crippen molar-refractivity contribution in [3.8, 4) is 5.75 Å². The summed E-state index contributed by atoms with van der Waals surface area (Å²) in [6.07, 6.45) is 3.62. The van der Waals surface area contributed by atoms with Gasteiger partial charge < -0.3 is 20.3 Å². The summed E-state index contributed by atoms with van der Waals surface area (Å²) in [6.45, 7) is 8.59. The number of nitrogens with one attached hydrogen (secondary N) is 2. The van der Waals surface area contributed by atoms with Crippen molar-refractivity contribution < 1.29 is 4.74 Å². The first kappa shape index (κ1) is 19.4. The molecule has 0 aliphatic carbocycles. The summed E-state index contributed by atoms with van der Waals surface area (Å²) in [5, 5.41) is 6.90. The van der Waals surface area contributed by atoms with Crippen molar-refractivity contribution in [2.75, 3.05) is 45.2 Å². The molecule has 0 radical (unpaired) electrons. The van der Waals surface area contributed by atoms with Crippen molar-refractivity contribution >= 4 is 11.6 Å². The van der Waals surface area contributed by atoms with E-state index in [1.807, 2.05) is 19.2 Å². The molecule has 140 valence electrons. The van der Waals surface area contributed by atoms with Crippen LogP contribution in [0.3, 0.4) is 0 Å². The topological polar surface area (TPSA) is 48.9 Å². The number of hydrogen-bond donors (Lipinski definition) is 2. The van der Waals surface area contributed by atoms with Gasteiger partial charge >= 0.3 is 0 Å². The average molecular weight is 347 g/mol. The van der Waals surface area contributed by atoms with Gasteiger partial charge in [0.05, 0.1) is 12.8 Å². The van der Waals surface area contributed by atoms with Gasteiger partial charge in [0.15, 0.2) is 5.96 Å². The third kappa shape index (κ3) is 6.15. The molecule has 0 bridgehead atoms. The summed E-state index contributed by atoms with van der Waals surface area (Å²) < 4.78 is 5.49. The van der Waals surface area contributed by atoms with Crippen LogP contribution >= 0.6 is 0 Å². The molecule has 1 heterocycles. The molecule has 1 atom stereocenters. The quantitative estimate of drug-likeness (QED) is 0.431. The Kier molecular flexibility index (Phi) is 7.89. The molecule has 1 aliphatic rings. The van der Waals surface area contributed by atoms with E-state index in [-0.39, 0.29) is 0 Å². The van der Waals surface area contributed by atoms with E-state index in [1.165, 1.54) is 24.9 Å². The molecule has 1 aromatic carbocycles. The summed E-state index contributed by atoms with van der Waals surface area (Å²) in [7, 11) is 3.58. The van der Waals surface area contributed by atoms with Crippen LogP contribution in [-0.4, -0.2) is 46.3 Å². The van der Waals surface area contributed by atoms with Gasteiger partial charge in [0.2, 0.25) is 0 Å². The van der Waals surface area contributed by atoms with Crippen LogP contribution in [0.4, 0.5) is 5.69 Å². The second-order valence-electron chi connectivity index (χ2n) is 7.19. The minimum atomic E-state index is 0.624. The number of para-hydroxylation sites is 2. The molecule has 0 saturated carbocycles. The molecule has 0 spiro atoms. The number of rotatable bonds is 8. The Labute approximate surface area is 152 Å². The van der Waals surface area contributed by atoms with E-state index in [9.17, 15) is 0 Å². The number of nitrogens with zero attached hydrogens (tertiary/aromatic N) is 2. The minimum absolute atomic E-state index is 0.624. The van der Waals surface area contributed by atoms with Crippen molar-refractivity contribution in [2.45, 2.75) is 33.1 Å². The van der Waals surface area contributed by atoms with Crippen LogP contribution in [0.15, 0.2) is 29.3 Å². The lowest BCUT2D eigenvalue weighted by Crippen LogP contribution is -2.40. The zero-order valence-corrected chi connectivity index (χ0v) is 16.2. The molecule has 1 aromatic rings. The normalized spacial score (nSPS) is 17.9. The Hall–Kier alpha value is -1.91. The fourth-order valence-electron chi connectivity index (χ4n) is 3.29. The maximum atomic E-state index is 5.49. The van der Waals surface area contributed by atoms with Crippen LogP contribution in [0.5, 0.6) is 5.75 Å².